The summed E-state index contributed by atoms with van der Waals surface area (Å²) >= 11 is 0. The predicted molar refractivity (Wildman–Crippen MR) is 122 cm³/mol. The Morgan fingerprint density at radius 1 is 0.903 bits per heavy atom. The second-order valence-electron chi connectivity index (χ2n) is 8.04. The molecule has 1 fully saturated rings. The van der Waals surface area contributed by atoms with E-state index >= 15 is 0 Å². The van der Waals surface area contributed by atoms with Crippen molar-refractivity contribution in [1.29, 1.82) is 0 Å². The average Bonchev–Trinajstić information content (AvgIpc) is 2.79. The molecular formula is C23H27N5O2S. The molecule has 0 aliphatic carbocycles. The summed E-state index contributed by atoms with van der Waals surface area (Å²) < 4.78 is 27.7. The first kappa shape index (κ1) is 21.4. The van der Waals surface area contributed by atoms with Crippen LogP contribution in [0.2, 0.25) is 0 Å². The molecule has 1 aromatic carbocycles. The highest BCUT2D eigenvalue weighted by Gasteiger charge is 2.29. The summed E-state index contributed by atoms with van der Waals surface area (Å²) in [5, 5.41) is 0. The number of aromatic nitrogens is 3. The van der Waals surface area contributed by atoms with E-state index in [1.54, 1.807) is 28.8 Å². The van der Waals surface area contributed by atoms with Gasteiger partial charge in [0.2, 0.25) is 10.0 Å². The van der Waals surface area contributed by atoms with Crippen molar-refractivity contribution in [3.8, 4) is 11.4 Å². The van der Waals surface area contributed by atoms with E-state index in [0.29, 0.717) is 42.8 Å². The molecule has 0 atom stereocenters. The number of sulfonamides is 1. The lowest BCUT2D eigenvalue weighted by atomic mass is 10.0. The van der Waals surface area contributed by atoms with E-state index in [9.17, 15) is 8.42 Å². The first-order valence-electron chi connectivity index (χ1n) is 10.5. The lowest BCUT2D eigenvalue weighted by Crippen LogP contribution is -2.49. The van der Waals surface area contributed by atoms with E-state index in [4.69, 9.17) is 4.98 Å². The van der Waals surface area contributed by atoms with Crippen LogP contribution in [0.3, 0.4) is 0 Å². The van der Waals surface area contributed by atoms with Gasteiger partial charge in [0.1, 0.15) is 5.82 Å². The molecule has 162 valence electrons. The fourth-order valence-electron chi connectivity index (χ4n) is 3.68. The normalized spacial score (nSPS) is 15.4. The van der Waals surface area contributed by atoms with Crippen LogP contribution in [0.1, 0.15) is 31.0 Å². The zero-order valence-corrected chi connectivity index (χ0v) is 18.9. The number of benzene rings is 1. The summed E-state index contributed by atoms with van der Waals surface area (Å²) in [6.07, 6.45) is 3.44. The monoisotopic (exact) mass is 437 g/mol. The van der Waals surface area contributed by atoms with Gasteiger partial charge in [0.15, 0.2) is 5.82 Å². The second-order valence-corrected chi connectivity index (χ2v) is 9.98. The Bertz CT molecular complexity index is 1140. The average molecular weight is 438 g/mol. The van der Waals surface area contributed by atoms with Crippen LogP contribution in [0.15, 0.2) is 59.8 Å². The molecule has 1 aliphatic rings. The molecule has 1 saturated heterocycles. The van der Waals surface area contributed by atoms with Crippen molar-refractivity contribution >= 4 is 15.8 Å². The number of nitrogens with zero attached hydrogens (tertiary/aromatic N) is 5. The number of rotatable bonds is 5. The van der Waals surface area contributed by atoms with E-state index in [1.165, 1.54) is 0 Å². The Balaban J connectivity index is 1.49. The zero-order chi connectivity index (χ0) is 22.0. The van der Waals surface area contributed by atoms with E-state index in [1.807, 2.05) is 37.3 Å². The fourth-order valence-corrected chi connectivity index (χ4v) is 5.10. The van der Waals surface area contributed by atoms with Crippen molar-refractivity contribution in [2.75, 3.05) is 31.1 Å². The van der Waals surface area contributed by atoms with Crippen molar-refractivity contribution < 1.29 is 8.42 Å². The molecule has 4 rings (SSSR count). The Hall–Kier alpha value is -2.84. The number of pyridine rings is 1. The molecule has 8 heteroatoms. The van der Waals surface area contributed by atoms with Gasteiger partial charge in [-0.05, 0) is 42.7 Å². The third kappa shape index (κ3) is 4.60. The first-order valence-corrected chi connectivity index (χ1v) is 11.9. The molecule has 0 N–H and O–H groups in total. The van der Waals surface area contributed by atoms with Crippen LogP contribution in [0.5, 0.6) is 0 Å². The van der Waals surface area contributed by atoms with Gasteiger partial charge >= 0.3 is 0 Å². The lowest BCUT2D eigenvalue weighted by Gasteiger charge is -2.34. The summed E-state index contributed by atoms with van der Waals surface area (Å²) in [5.41, 5.74) is 2.91. The number of hydrogen-bond acceptors (Lipinski definition) is 6. The van der Waals surface area contributed by atoms with Crippen LogP contribution in [-0.2, 0) is 10.0 Å². The lowest BCUT2D eigenvalue weighted by molar-refractivity contribution is 0.383. The minimum absolute atomic E-state index is 0.350. The molecule has 0 saturated carbocycles. The summed E-state index contributed by atoms with van der Waals surface area (Å²) in [6.45, 7) is 8.13. The predicted octanol–water partition coefficient (Wildman–Crippen LogP) is 3.48. The third-order valence-corrected chi connectivity index (χ3v) is 7.44. The van der Waals surface area contributed by atoms with E-state index in [-0.39, 0.29) is 0 Å². The van der Waals surface area contributed by atoms with Crippen LogP contribution in [-0.4, -0.2) is 53.9 Å². The summed E-state index contributed by atoms with van der Waals surface area (Å²) in [7, 11) is -3.50. The maximum Gasteiger partial charge on any atom is 0.243 e. The van der Waals surface area contributed by atoms with Gasteiger partial charge in [0, 0.05) is 55.9 Å². The molecule has 0 radical (unpaired) electrons. The van der Waals surface area contributed by atoms with Gasteiger partial charge in [0.25, 0.3) is 0 Å². The SMILES string of the molecule is Cc1cc(N2CCN(S(=O)(=O)c3ccc(C(C)C)cc3)CC2)nc(-c2ccncc2)n1. The van der Waals surface area contributed by atoms with E-state index in [2.05, 4.69) is 28.7 Å². The third-order valence-electron chi connectivity index (χ3n) is 5.53. The molecule has 0 amide bonds. The summed E-state index contributed by atoms with van der Waals surface area (Å²) in [6, 6.07) is 12.9. The zero-order valence-electron chi connectivity index (χ0n) is 18.1. The van der Waals surface area contributed by atoms with Gasteiger partial charge in [-0.3, -0.25) is 4.98 Å². The maximum atomic E-state index is 13.1. The van der Waals surface area contributed by atoms with Crippen molar-refractivity contribution in [2.45, 2.75) is 31.6 Å². The highest BCUT2D eigenvalue weighted by Crippen LogP contribution is 2.24. The van der Waals surface area contributed by atoms with Crippen LogP contribution < -0.4 is 4.90 Å². The van der Waals surface area contributed by atoms with Gasteiger partial charge in [-0.15, -0.1) is 0 Å². The number of anilines is 1. The highest BCUT2D eigenvalue weighted by molar-refractivity contribution is 7.89. The van der Waals surface area contributed by atoms with Crippen molar-refractivity contribution in [2.24, 2.45) is 0 Å². The molecule has 3 heterocycles. The topological polar surface area (TPSA) is 79.3 Å². The highest BCUT2D eigenvalue weighted by atomic mass is 32.2. The molecule has 2 aromatic heterocycles. The molecule has 3 aromatic rings. The summed E-state index contributed by atoms with van der Waals surface area (Å²) in [5.74, 6) is 1.84. The maximum absolute atomic E-state index is 13.1. The molecule has 1 aliphatic heterocycles. The van der Waals surface area contributed by atoms with Crippen molar-refractivity contribution in [3.63, 3.8) is 0 Å². The van der Waals surface area contributed by atoms with Crippen LogP contribution in [0.25, 0.3) is 11.4 Å². The van der Waals surface area contributed by atoms with Crippen LogP contribution in [0, 0.1) is 6.92 Å². The van der Waals surface area contributed by atoms with Gasteiger partial charge in [-0.25, -0.2) is 18.4 Å². The fraction of sp³-hybridized carbons (Fsp3) is 0.348. The molecule has 31 heavy (non-hydrogen) atoms. The Labute approximate surface area is 183 Å². The molecular weight excluding hydrogens is 410 g/mol. The Morgan fingerprint density at radius 2 is 1.55 bits per heavy atom. The Kier molecular flexibility index (Phi) is 6.02. The minimum Gasteiger partial charge on any atom is -0.354 e. The minimum atomic E-state index is -3.50. The molecule has 7 nitrogen and oxygen atoms in total. The van der Waals surface area contributed by atoms with E-state index < -0.39 is 10.0 Å². The van der Waals surface area contributed by atoms with Crippen molar-refractivity contribution in [3.05, 3.63) is 66.1 Å². The second kappa shape index (κ2) is 8.72. The van der Waals surface area contributed by atoms with Gasteiger partial charge < -0.3 is 4.90 Å². The van der Waals surface area contributed by atoms with E-state index in [0.717, 1.165) is 22.6 Å². The van der Waals surface area contributed by atoms with Gasteiger partial charge in [0.05, 0.1) is 4.90 Å². The Morgan fingerprint density at radius 3 is 2.16 bits per heavy atom. The first-order chi connectivity index (χ1) is 14.8. The van der Waals surface area contributed by atoms with Crippen molar-refractivity contribution in [1.82, 2.24) is 19.3 Å². The molecule has 0 spiro atoms. The standard InChI is InChI=1S/C23H27N5O2S/c1-17(2)19-4-6-21(7-5-19)31(29,30)28-14-12-27(13-15-28)22-16-18(3)25-23(26-22)20-8-10-24-11-9-20/h4-11,16-17H,12-15H2,1-3H3. The molecule has 0 bridgehead atoms. The largest absolute Gasteiger partial charge is 0.354 e. The number of hydrogen-bond donors (Lipinski definition) is 0. The van der Waals surface area contributed by atoms with Gasteiger partial charge in [-0.2, -0.15) is 4.31 Å². The molecule has 0 unspecified atom stereocenters. The van der Waals surface area contributed by atoms with Crippen LogP contribution in [0.4, 0.5) is 5.82 Å². The number of piperazine rings is 1. The van der Waals surface area contributed by atoms with Gasteiger partial charge in [-0.1, -0.05) is 26.0 Å². The summed E-state index contributed by atoms with van der Waals surface area (Å²) in [4.78, 5) is 15.8. The number of aryl methyl sites for hydroxylation is 1. The van der Waals surface area contributed by atoms with Crippen LogP contribution >= 0.6 is 0 Å². The quantitative estimate of drug-likeness (QED) is 0.608. The smallest absolute Gasteiger partial charge is 0.243 e.